The molecule has 2 aromatic carbocycles. The molecule has 2 amide bonds. The van der Waals surface area contributed by atoms with E-state index in [-0.39, 0.29) is 23.1 Å². The van der Waals surface area contributed by atoms with E-state index in [2.05, 4.69) is 12.2 Å². The lowest BCUT2D eigenvalue weighted by Crippen LogP contribution is -2.25. The normalized spacial score (nSPS) is 13.6. The predicted molar refractivity (Wildman–Crippen MR) is 138 cm³/mol. The maximum Gasteiger partial charge on any atom is 0.262 e. The molecule has 0 bridgehead atoms. The smallest absolute Gasteiger partial charge is 0.262 e. The number of carbonyl (C=O) groups excluding carboxylic acids is 2. The average Bonchev–Trinajstić information content (AvgIpc) is 3.28. The van der Waals surface area contributed by atoms with E-state index >= 15 is 0 Å². The maximum absolute atomic E-state index is 13.1. The van der Waals surface area contributed by atoms with Crippen LogP contribution in [0, 0.1) is 0 Å². The number of thioether (sulfide) groups is 1. The van der Waals surface area contributed by atoms with Gasteiger partial charge in [-0.1, -0.05) is 56.1 Å². The number of hydrogen-bond acceptors (Lipinski definition) is 5. The Hall–Kier alpha value is -3.13. The summed E-state index contributed by atoms with van der Waals surface area (Å²) in [7, 11) is 0. The first-order chi connectivity index (χ1) is 16.6. The zero-order valence-electron chi connectivity index (χ0n) is 19.5. The number of amides is 2. The van der Waals surface area contributed by atoms with Gasteiger partial charge in [-0.15, -0.1) is 0 Å². The summed E-state index contributed by atoms with van der Waals surface area (Å²) < 4.78 is 1.70. The number of fused-ring (bicyclic) bond motifs is 1. The number of benzene rings is 2. The molecule has 1 N–H and O–H groups in total. The molecule has 1 aliphatic heterocycles. The molecule has 2 heterocycles. The quantitative estimate of drug-likeness (QED) is 0.256. The lowest BCUT2D eigenvalue weighted by atomic mass is 10.2. The first-order valence-electron chi connectivity index (χ1n) is 11.9. The van der Waals surface area contributed by atoms with Crippen LogP contribution in [0.15, 0.2) is 58.5 Å². The summed E-state index contributed by atoms with van der Waals surface area (Å²) in [5.41, 5.74) is 2.02. The molecule has 34 heavy (non-hydrogen) atoms. The summed E-state index contributed by atoms with van der Waals surface area (Å²) in [5, 5.41) is 4.07. The second-order valence-electron chi connectivity index (χ2n) is 8.47. The van der Waals surface area contributed by atoms with Gasteiger partial charge >= 0.3 is 0 Å². The van der Waals surface area contributed by atoms with Crippen molar-refractivity contribution in [3.05, 3.63) is 58.9 Å². The lowest BCUT2D eigenvalue weighted by Gasteiger charge is -2.17. The van der Waals surface area contributed by atoms with Gasteiger partial charge in [0.05, 0.1) is 16.7 Å². The minimum absolute atomic E-state index is 0.0620. The maximum atomic E-state index is 13.1. The number of aromatic nitrogens is 2. The van der Waals surface area contributed by atoms with Crippen LogP contribution in [0.25, 0.3) is 10.9 Å². The molecule has 0 atom stereocenters. The van der Waals surface area contributed by atoms with Gasteiger partial charge < -0.3 is 10.2 Å². The van der Waals surface area contributed by atoms with Crippen LogP contribution in [0.1, 0.15) is 45.4 Å². The molecule has 0 aliphatic carbocycles. The van der Waals surface area contributed by atoms with Gasteiger partial charge in [-0.25, -0.2) is 4.98 Å². The number of para-hydroxylation sites is 1. The first kappa shape index (κ1) is 24.0. The Kier molecular flexibility index (Phi) is 8.00. The Morgan fingerprint density at radius 1 is 1.09 bits per heavy atom. The molecule has 8 heteroatoms. The van der Waals surface area contributed by atoms with Crippen LogP contribution >= 0.6 is 11.8 Å². The Bertz CT molecular complexity index is 1240. The molecule has 0 saturated carbocycles. The van der Waals surface area contributed by atoms with Crippen molar-refractivity contribution in [1.82, 2.24) is 9.55 Å². The van der Waals surface area contributed by atoms with Crippen molar-refractivity contribution in [3.63, 3.8) is 0 Å². The van der Waals surface area contributed by atoms with Gasteiger partial charge in [-0.3, -0.25) is 19.0 Å². The Morgan fingerprint density at radius 2 is 1.94 bits per heavy atom. The fraction of sp³-hybridized carbons (Fsp3) is 0.385. The van der Waals surface area contributed by atoms with Gasteiger partial charge in [0.15, 0.2) is 5.16 Å². The van der Waals surface area contributed by atoms with E-state index in [4.69, 9.17) is 4.98 Å². The monoisotopic (exact) mass is 478 g/mol. The number of carbonyl (C=O) groups is 2. The molecular weight excluding hydrogens is 448 g/mol. The topological polar surface area (TPSA) is 84.3 Å². The predicted octanol–water partition coefficient (Wildman–Crippen LogP) is 4.83. The van der Waals surface area contributed by atoms with E-state index < -0.39 is 0 Å². The first-order valence-corrected chi connectivity index (χ1v) is 12.9. The standard InChI is InChI=1S/C26H30N4O3S/c1-2-3-4-7-15-30-25(33)21-12-5-6-13-22(21)28-26(30)34-18-23(31)27-19-10-8-11-20(17-19)29-16-9-14-24(29)32/h5-6,8,10-13,17H,2-4,7,9,14-16,18H2,1H3,(H,27,31). The van der Waals surface area contributed by atoms with E-state index in [1.165, 1.54) is 11.8 Å². The van der Waals surface area contributed by atoms with Crippen molar-refractivity contribution in [2.45, 2.75) is 57.1 Å². The highest BCUT2D eigenvalue weighted by molar-refractivity contribution is 7.99. The molecule has 0 unspecified atom stereocenters. The Labute approximate surface area is 203 Å². The van der Waals surface area contributed by atoms with E-state index in [1.807, 2.05) is 42.5 Å². The third-order valence-corrected chi connectivity index (χ3v) is 6.89. The number of rotatable bonds is 10. The number of nitrogens with zero attached hydrogens (tertiary/aromatic N) is 3. The summed E-state index contributed by atoms with van der Waals surface area (Å²) in [6.45, 7) is 3.45. The van der Waals surface area contributed by atoms with Gasteiger partial charge in [-0.05, 0) is 43.2 Å². The van der Waals surface area contributed by atoms with Crippen LogP contribution in [0.5, 0.6) is 0 Å². The lowest BCUT2D eigenvalue weighted by molar-refractivity contribution is -0.117. The summed E-state index contributed by atoms with van der Waals surface area (Å²) in [4.78, 5) is 44.3. The second kappa shape index (κ2) is 11.3. The number of hydrogen-bond donors (Lipinski definition) is 1. The molecule has 178 valence electrons. The van der Waals surface area contributed by atoms with E-state index in [9.17, 15) is 14.4 Å². The van der Waals surface area contributed by atoms with Crippen molar-refractivity contribution in [1.29, 1.82) is 0 Å². The molecule has 4 rings (SSSR count). The van der Waals surface area contributed by atoms with Crippen molar-refractivity contribution in [3.8, 4) is 0 Å². The highest BCUT2D eigenvalue weighted by atomic mass is 32.2. The van der Waals surface area contributed by atoms with Gasteiger partial charge in [0.25, 0.3) is 5.56 Å². The number of anilines is 2. The molecular formula is C26H30N4O3S. The zero-order chi connectivity index (χ0) is 23.9. The van der Waals surface area contributed by atoms with Gasteiger partial charge in [0.2, 0.25) is 11.8 Å². The van der Waals surface area contributed by atoms with Crippen LogP contribution in [0.2, 0.25) is 0 Å². The molecule has 0 radical (unpaired) electrons. The molecule has 1 saturated heterocycles. The van der Waals surface area contributed by atoms with E-state index in [1.54, 1.807) is 15.5 Å². The minimum Gasteiger partial charge on any atom is -0.325 e. The summed E-state index contributed by atoms with van der Waals surface area (Å²) in [6, 6.07) is 14.7. The summed E-state index contributed by atoms with van der Waals surface area (Å²) in [6.07, 6.45) is 5.62. The second-order valence-corrected chi connectivity index (χ2v) is 9.41. The Morgan fingerprint density at radius 3 is 2.74 bits per heavy atom. The highest BCUT2D eigenvalue weighted by Crippen LogP contribution is 2.25. The van der Waals surface area contributed by atoms with Crippen LogP contribution in [0.3, 0.4) is 0 Å². The molecule has 1 aromatic heterocycles. The third kappa shape index (κ3) is 5.67. The largest absolute Gasteiger partial charge is 0.325 e. The number of unbranched alkanes of at least 4 members (excludes halogenated alkanes) is 3. The fourth-order valence-corrected chi connectivity index (χ4v) is 4.98. The minimum atomic E-state index is -0.185. The van der Waals surface area contributed by atoms with Crippen molar-refractivity contribution >= 4 is 45.9 Å². The van der Waals surface area contributed by atoms with Crippen LogP contribution in [-0.2, 0) is 16.1 Å². The molecule has 1 fully saturated rings. The summed E-state index contributed by atoms with van der Waals surface area (Å²) >= 11 is 1.27. The fourth-order valence-electron chi connectivity index (χ4n) is 4.15. The molecule has 1 aliphatic rings. The molecule has 0 spiro atoms. The third-order valence-electron chi connectivity index (χ3n) is 5.91. The Balaban J connectivity index is 1.46. The van der Waals surface area contributed by atoms with Crippen molar-refractivity contribution in [2.24, 2.45) is 0 Å². The van der Waals surface area contributed by atoms with Crippen LogP contribution < -0.4 is 15.8 Å². The zero-order valence-corrected chi connectivity index (χ0v) is 20.3. The van der Waals surface area contributed by atoms with E-state index in [0.717, 1.165) is 37.8 Å². The van der Waals surface area contributed by atoms with Gasteiger partial charge in [0.1, 0.15) is 0 Å². The average molecular weight is 479 g/mol. The molecule has 3 aromatic rings. The van der Waals surface area contributed by atoms with Crippen molar-refractivity contribution < 1.29 is 9.59 Å². The van der Waals surface area contributed by atoms with Crippen molar-refractivity contribution in [2.75, 3.05) is 22.5 Å². The highest BCUT2D eigenvalue weighted by Gasteiger charge is 2.22. The summed E-state index contributed by atoms with van der Waals surface area (Å²) in [5.74, 6) is 0.0558. The van der Waals surface area contributed by atoms with Crippen LogP contribution in [0.4, 0.5) is 11.4 Å². The SMILES string of the molecule is CCCCCCn1c(SCC(=O)Nc2cccc(N3CCCC3=O)c2)nc2ccccc2c1=O. The van der Waals surface area contributed by atoms with Gasteiger partial charge in [0, 0.05) is 30.9 Å². The van der Waals surface area contributed by atoms with E-state index in [0.29, 0.717) is 41.3 Å². The number of nitrogens with one attached hydrogen (secondary N) is 1. The van der Waals surface area contributed by atoms with Crippen LogP contribution in [-0.4, -0.2) is 33.7 Å². The molecule has 7 nitrogen and oxygen atoms in total. The van der Waals surface area contributed by atoms with Gasteiger partial charge in [-0.2, -0.15) is 0 Å².